The number of esters is 1. The number of anilines is 1. The number of fused-ring (bicyclic) bond motifs is 2. The Hall–Kier alpha value is -2.10. The summed E-state index contributed by atoms with van der Waals surface area (Å²) < 4.78 is 54.2. The van der Waals surface area contributed by atoms with E-state index in [2.05, 4.69) is 16.5 Å². The third kappa shape index (κ3) is 3.88. The number of thiophene rings is 1. The molecule has 11 nitrogen and oxygen atoms in total. The number of methoxy groups -OCH3 is 3. The van der Waals surface area contributed by atoms with Gasteiger partial charge in [-0.3, -0.25) is 9.62 Å². The SMILES string of the molecule is CCN1C[C@]2(OC(=O)c3ccccc3NS(=O)(=O)c3cccs3)CC[C@H](OC)[C@]34C1[C@H](C[C@H]23)[C@@]1(O)C[C@H](OC)[C@H]2C[C@@H]4[C@]1(O)[C@H]2OC. The Kier molecular flexibility index (Phi) is 7.31. The van der Waals surface area contributed by atoms with Crippen LogP contribution in [0.5, 0.6) is 0 Å². The molecule has 1 spiro atoms. The number of likely N-dealkylation sites (N-methyl/N-ethyl adjacent to an activating group) is 1. The van der Waals surface area contributed by atoms with E-state index < -0.39 is 44.3 Å². The van der Waals surface area contributed by atoms with Gasteiger partial charge in [-0.2, -0.15) is 0 Å². The van der Waals surface area contributed by atoms with Crippen LogP contribution in [-0.2, 0) is 29.0 Å². The molecule has 256 valence electrons. The zero-order chi connectivity index (χ0) is 33.1. The van der Waals surface area contributed by atoms with Crippen molar-refractivity contribution < 1.29 is 42.4 Å². The van der Waals surface area contributed by atoms with Crippen molar-refractivity contribution in [3.8, 4) is 0 Å². The highest BCUT2D eigenvalue weighted by atomic mass is 32.2. The lowest BCUT2D eigenvalue weighted by molar-refractivity contribution is -0.337. The molecule has 1 aromatic heterocycles. The second-order valence-corrected chi connectivity index (χ2v) is 17.4. The number of carbonyl (C=O) groups is 1. The number of sulfonamides is 1. The number of hydrogen-bond acceptors (Lipinski definition) is 11. The quantitative estimate of drug-likeness (QED) is 0.337. The Morgan fingerprint density at radius 3 is 2.53 bits per heavy atom. The number of likely N-dealkylation sites (tertiary alicyclic amines) is 1. The van der Waals surface area contributed by atoms with Gasteiger partial charge >= 0.3 is 5.97 Å². The molecule has 6 aliphatic rings. The van der Waals surface area contributed by atoms with Crippen LogP contribution in [0.3, 0.4) is 0 Å². The van der Waals surface area contributed by atoms with Gasteiger partial charge in [0.25, 0.3) is 10.0 Å². The normalized spacial score (nSPS) is 44.7. The molecular formula is C34H44N2O9S2. The maximum absolute atomic E-state index is 14.3. The number of nitrogens with one attached hydrogen (secondary N) is 1. The van der Waals surface area contributed by atoms with E-state index in [1.54, 1.807) is 57.0 Å². The molecule has 1 unspecified atom stereocenters. The summed E-state index contributed by atoms with van der Waals surface area (Å²) in [6.45, 7) is 3.23. The van der Waals surface area contributed by atoms with Crippen molar-refractivity contribution in [3.05, 3.63) is 47.3 Å². The highest BCUT2D eigenvalue weighted by Gasteiger charge is 2.89. The van der Waals surface area contributed by atoms with Crippen molar-refractivity contribution in [2.45, 2.75) is 84.4 Å². The summed E-state index contributed by atoms with van der Waals surface area (Å²) in [5, 5.41) is 27.5. The molecule has 1 saturated heterocycles. The highest BCUT2D eigenvalue weighted by Crippen LogP contribution is 2.79. The number of aliphatic hydroxyl groups is 2. The topological polar surface area (TPSA) is 144 Å². The summed E-state index contributed by atoms with van der Waals surface area (Å²) in [6.07, 6.45) is 1.53. The van der Waals surface area contributed by atoms with Crippen LogP contribution in [0.15, 0.2) is 46.0 Å². The summed E-state index contributed by atoms with van der Waals surface area (Å²) in [5.41, 5.74) is -4.28. The van der Waals surface area contributed by atoms with Gasteiger partial charge in [0.05, 0.1) is 29.6 Å². The minimum absolute atomic E-state index is 0.0957. The van der Waals surface area contributed by atoms with Gasteiger partial charge in [-0.25, -0.2) is 13.2 Å². The van der Waals surface area contributed by atoms with Crippen LogP contribution < -0.4 is 4.72 Å². The van der Waals surface area contributed by atoms with Crippen LogP contribution in [0.25, 0.3) is 0 Å². The van der Waals surface area contributed by atoms with Gasteiger partial charge in [0.15, 0.2) is 0 Å². The molecule has 5 saturated carbocycles. The van der Waals surface area contributed by atoms with E-state index in [1.807, 2.05) is 0 Å². The summed E-state index contributed by atoms with van der Waals surface area (Å²) in [7, 11) is 1.09. The molecule has 0 radical (unpaired) electrons. The fraction of sp³-hybridized carbons (Fsp3) is 0.676. The van der Waals surface area contributed by atoms with Crippen molar-refractivity contribution >= 4 is 33.0 Å². The van der Waals surface area contributed by atoms with Crippen LogP contribution in [0.2, 0.25) is 0 Å². The molecule has 7 bridgehead atoms. The molecule has 8 rings (SSSR count). The molecule has 1 aliphatic heterocycles. The number of benzene rings is 1. The van der Waals surface area contributed by atoms with E-state index in [1.165, 1.54) is 6.07 Å². The lowest BCUT2D eigenvalue weighted by Crippen LogP contribution is -2.83. The second-order valence-electron chi connectivity index (χ2n) is 14.5. The highest BCUT2D eigenvalue weighted by molar-refractivity contribution is 7.94. The molecule has 13 heteroatoms. The summed E-state index contributed by atoms with van der Waals surface area (Å²) in [5.74, 6) is -1.63. The number of hydrogen-bond donors (Lipinski definition) is 3. The van der Waals surface area contributed by atoms with E-state index in [4.69, 9.17) is 18.9 Å². The number of nitrogens with zero attached hydrogens (tertiary/aromatic N) is 1. The zero-order valence-corrected chi connectivity index (χ0v) is 28.8. The van der Waals surface area contributed by atoms with Gasteiger partial charge in [-0.15, -0.1) is 11.3 Å². The Labute approximate surface area is 279 Å². The number of rotatable bonds is 9. The first-order valence-electron chi connectivity index (χ1n) is 16.6. The average molecular weight is 689 g/mol. The van der Waals surface area contributed by atoms with Crippen LogP contribution in [-0.4, -0.2) is 105 Å². The molecule has 47 heavy (non-hydrogen) atoms. The first-order valence-corrected chi connectivity index (χ1v) is 19.0. The van der Waals surface area contributed by atoms with E-state index in [0.29, 0.717) is 45.2 Å². The fourth-order valence-corrected chi connectivity index (χ4v) is 14.1. The average Bonchev–Trinajstić information content (AvgIpc) is 3.75. The smallest absolute Gasteiger partial charge is 0.340 e. The Bertz CT molecular complexity index is 1670. The van der Waals surface area contributed by atoms with E-state index in [9.17, 15) is 23.4 Å². The maximum atomic E-state index is 14.3. The first kappa shape index (κ1) is 32.1. The first-order chi connectivity index (χ1) is 22.5. The van der Waals surface area contributed by atoms with Crippen molar-refractivity contribution in [3.63, 3.8) is 0 Å². The van der Waals surface area contributed by atoms with Crippen molar-refractivity contribution in [2.75, 3.05) is 39.1 Å². The lowest BCUT2D eigenvalue weighted by atomic mass is 9.44. The lowest BCUT2D eigenvalue weighted by Gasteiger charge is -2.70. The van der Waals surface area contributed by atoms with Gasteiger partial charge in [0.1, 0.15) is 21.0 Å². The number of piperidine rings is 1. The number of para-hydroxylation sites is 1. The summed E-state index contributed by atoms with van der Waals surface area (Å²) >= 11 is 1.10. The zero-order valence-electron chi connectivity index (χ0n) is 27.1. The van der Waals surface area contributed by atoms with Gasteiger partial charge in [-0.05, 0) is 55.8 Å². The number of carbonyl (C=O) groups excluding carboxylic acids is 1. The third-order valence-electron chi connectivity index (χ3n) is 13.3. The second kappa shape index (κ2) is 10.7. The van der Waals surface area contributed by atoms with Gasteiger partial charge in [0, 0.05) is 69.4 Å². The Morgan fingerprint density at radius 1 is 1.06 bits per heavy atom. The molecule has 12 atom stereocenters. The predicted octanol–water partition coefficient (Wildman–Crippen LogP) is 3.13. The standard InChI is InChI=1S/C34H44N2O9S2/c1-5-36-18-31(45-30(37)19-9-6-7-10-22(19)35-47(40,41)27-11-8-14-46-27)13-12-26(43-3)33-24(31)16-21(28(33)36)32(38)17-23(42-2)20-15-25(33)34(32,39)29(20)44-4/h6-11,14,20-21,23-26,28-29,35,38-39H,5,12-13,15-18H2,1-4H3/t20-,21+,23+,24-,25+,26+,28?,29+,31-,32+,33+,34+/m1/s1. The minimum atomic E-state index is -3.91. The van der Waals surface area contributed by atoms with Crippen LogP contribution in [0.1, 0.15) is 49.4 Å². The van der Waals surface area contributed by atoms with Crippen LogP contribution >= 0.6 is 11.3 Å². The maximum Gasteiger partial charge on any atom is 0.340 e. The summed E-state index contributed by atoms with van der Waals surface area (Å²) in [4.78, 5) is 16.7. The molecule has 3 N–H and O–H groups in total. The number of ether oxygens (including phenoxy) is 4. The molecule has 5 aliphatic carbocycles. The van der Waals surface area contributed by atoms with Gasteiger partial charge < -0.3 is 29.2 Å². The van der Waals surface area contributed by atoms with Crippen LogP contribution in [0, 0.1) is 29.1 Å². The molecular weight excluding hydrogens is 645 g/mol. The van der Waals surface area contributed by atoms with E-state index in [-0.39, 0.29) is 57.4 Å². The minimum Gasteiger partial charge on any atom is -0.454 e. The Balaban J connectivity index is 1.23. The molecule has 1 aromatic carbocycles. The van der Waals surface area contributed by atoms with E-state index >= 15 is 0 Å². The Morgan fingerprint density at radius 2 is 1.85 bits per heavy atom. The van der Waals surface area contributed by atoms with Crippen molar-refractivity contribution in [1.29, 1.82) is 0 Å². The third-order valence-corrected chi connectivity index (χ3v) is 16.1. The molecule has 2 heterocycles. The van der Waals surface area contributed by atoms with Gasteiger partial charge in [0.2, 0.25) is 0 Å². The summed E-state index contributed by atoms with van der Waals surface area (Å²) in [6, 6.07) is 9.62. The molecule has 6 fully saturated rings. The predicted molar refractivity (Wildman–Crippen MR) is 173 cm³/mol. The molecule has 0 amide bonds. The molecule has 2 aromatic rings. The van der Waals surface area contributed by atoms with Crippen molar-refractivity contribution in [1.82, 2.24) is 4.90 Å². The van der Waals surface area contributed by atoms with Crippen LogP contribution in [0.4, 0.5) is 5.69 Å². The largest absolute Gasteiger partial charge is 0.454 e. The fourth-order valence-electron chi connectivity index (χ4n) is 12.0. The monoisotopic (exact) mass is 688 g/mol. The van der Waals surface area contributed by atoms with E-state index in [0.717, 1.165) is 11.3 Å². The van der Waals surface area contributed by atoms with Crippen molar-refractivity contribution in [2.24, 2.45) is 29.1 Å². The van der Waals surface area contributed by atoms with Gasteiger partial charge in [-0.1, -0.05) is 25.1 Å².